The molecule has 0 bridgehead atoms. The van der Waals surface area contributed by atoms with Crippen LogP contribution < -0.4 is 10.0 Å². The van der Waals surface area contributed by atoms with Crippen LogP contribution in [0, 0.1) is 17.0 Å². The molecule has 10 heteroatoms. The first kappa shape index (κ1) is 21.3. The summed E-state index contributed by atoms with van der Waals surface area (Å²) in [5.41, 5.74) is 0.763. The van der Waals surface area contributed by atoms with Crippen LogP contribution in [0.5, 0.6) is 0 Å². The Balaban J connectivity index is 1.83. The average Bonchev–Trinajstić information content (AvgIpc) is 2.70. The van der Waals surface area contributed by atoms with Gasteiger partial charge in [0.15, 0.2) is 0 Å². The number of aryl methyl sites for hydroxylation is 1. The molecule has 0 unspecified atom stereocenters. The van der Waals surface area contributed by atoms with Gasteiger partial charge in [-0.2, -0.15) is 0 Å². The number of nitro groups is 1. The Kier molecular flexibility index (Phi) is 6.04. The molecule has 8 nitrogen and oxygen atoms in total. The van der Waals surface area contributed by atoms with E-state index in [2.05, 4.69) is 10.0 Å². The van der Waals surface area contributed by atoms with Gasteiger partial charge in [0.05, 0.1) is 20.5 Å². The molecule has 0 saturated heterocycles. The van der Waals surface area contributed by atoms with Gasteiger partial charge in [0.2, 0.25) is 0 Å². The summed E-state index contributed by atoms with van der Waals surface area (Å²) in [6.45, 7) is 1.57. The van der Waals surface area contributed by atoms with Crippen LogP contribution in [0.25, 0.3) is 0 Å². The highest BCUT2D eigenvalue weighted by Gasteiger charge is 2.18. The molecule has 154 valence electrons. The Morgan fingerprint density at radius 2 is 1.77 bits per heavy atom. The van der Waals surface area contributed by atoms with E-state index in [1.807, 2.05) is 0 Å². The molecule has 0 saturated carbocycles. The average molecular weight is 446 g/mol. The third-order valence-corrected chi connectivity index (χ3v) is 5.88. The lowest BCUT2D eigenvalue weighted by molar-refractivity contribution is -0.385. The Morgan fingerprint density at radius 1 is 1.03 bits per heavy atom. The van der Waals surface area contributed by atoms with Crippen LogP contribution in [-0.4, -0.2) is 19.2 Å². The summed E-state index contributed by atoms with van der Waals surface area (Å²) < 4.78 is 27.7. The van der Waals surface area contributed by atoms with Gasteiger partial charge in [-0.25, -0.2) is 8.42 Å². The maximum Gasteiger partial charge on any atom is 0.273 e. The molecule has 0 aliphatic rings. The lowest BCUT2D eigenvalue weighted by Gasteiger charge is -2.11. The van der Waals surface area contributed by atoms with Gasteiger partial charge < -0.3 is 5.32 Å². The lowest BCUT2D eigenvalue weighted by Crippen LogP contribution is -2.15. The standard InChI is InChI=1S/C20H16ClN3O5S/c1-13-9-10-14(11-19(13)24(26)27)20(25)22-15-5-4-6-16(12-15)30(28,29)23-18-8-3-2-7-17(18)21/h2-12,23H,1H3,(H,22,25). The fourth-order valence-corrected chi connectivity index (χ4v) is 4.00. The van der Waals surface area contributed by atoms with Gasteiger partial charge in [0.25, 0.3) is 21.6 Å². The van der Waals surface area contributed by atoms with Crippen molar-refractivity contribution in [3.8, 4) is 0 Å². The van der Waals surface area contributed by atoms with Crippen molar-refractivity contribution >= 4 is 44.6 Å². The first-order valence-corrected chi connectivity index (χ1v) is 10.5. The Bertz CT molecular complexity index is 1240. The highest BCUT2D eigenvalue weighted by atomic mass is 35.5. The summed E-state index contributed by atoms with van der Waals surface area (Å²) in [7, 11) is -3.96. The number of nitro benzene ring substituents is 1. The van der Waals surface area contributed by atoms with Crippen LogP contribution in [-0.2, 0) is 10.0 Å². The molecule has 0 aliphatic heterocycles. The molecule has 1 amide bonds. The number of rotatable bonds is 6. The van der Waals surface area contributed by atoms with E-state index in [4.69, 9.17) is 11.6 Å². The molecule has 0 atom stereocenters. The molecule has 3 aromatic rings. The number of halogens is 1. The van der Waals surface area contributed by atoms with Gasteiger partial charge in [-0.15, -0.1) is 0 Å². The van der Waals surface area contributed by atoms with Gasteiger partial charge in [-0.1, -0.05) is 35.9 Å². The van der Waals surface area contributed by atoms with E-state index in [9.17, 15) is 23.3 Å². The molecule has 30 heavy (non-hydrogen) atoms. The van der Waals surface area contributed by atoms with E-state index in [1.165, 1.54) is 48.5 Å². The molecule has 0 aliphatic carbocycles. The maximum atomic E-state index is 12.7. The number of benzene rings is 3. The third-order valence-electron chi connectivity index (χ3n) is 4.19. The number of carbonyl (C=O) groups excluding carboxylic acids is 1. The van der Waals surface area contributed by atoms with E-state index in [-0.39, 0.29) is 32.5 Å². The number of amides is 1. The number of para-hydroxylation sites is 1. The largest absolute Gasteiger partial charge is 0.322 e. The van der Waals surface area contributed by atoms with Crippen molar-refractivity contribution in [1.82, 2.24) is 0 Å². The fraction of sp³-hybridized carbons (Fsp3) is 0.0500. The van der Waals surface area contributed by atoms with Crippen LogP contribution in [0.4, 0.5) is 17.1 Å². The molecule has 0 aromatic heterocycles. The third kappa shape index (κ3) is 4.76. The van der Waals surface area contributed by atoms with Gasteiger partial charge in [-0.3, -0.25) is 19.6 Å². The molecule has 0 radical (unpaired) electrons. The van der Waals surface area contributed by atoms with E-state index in [0.29, 0.717) is 5.56 Å². The van der Waals surface area contributed by atoms with Crippen LogP contribution >= 0.6 is 11.6 Å². The molecular formula is C20H16ClN3O5S. The molecule has 3 rings (SSSR count). The predicted molar refractivity (Wildman–Crippen MR) is 114 cm³/mol. The summed E-state index contributed by atoms with van der Waals surface area (Å²) >= 11 is 6.00. The zero-order valence-corrected chi connectivity index (χ0v) is 17.2. The zero-order chi connectivity index (χ0) is 21.9. The van der Waals surface area contributed by atoms with Crippen molar-refractivity contribution in [2.24, 2.45) is 0 Å². The normalized spacial score (nSPS) is 11.0. The van der Waals surface area contributed by atoms with Crippen LogP contribution in [0.2, 0.25) is 5.02 Å². The highest BCUT2D eigenvalue weighted by Crippen LogP contribution is 2.25. The van der Waals surface area contributed by atoms with Crippen molar-refractivity contribution in [2.45, 2.75) is 11.8 Å². The second-order valence-electron chi connectivity index (χ2n) is 6.33. The second-order valence-corrected chi connectivity index (χ2v) is 8.42. The van der Waals surface area contributed by atoms with Crippen molar-refractivity contribution in [3.63, 3.8) is 0 Å². The van der Waals surface area contributed by atoms with Crippen LogP contribution in [0.1, 0.15) is 15.9 Å². The lowest BCUT2D eigenvalue weighted by atomic mass is 10.1. The monoisotopic (exact) mass is 445 g/mol. The zero-order valence-electron chi connectivity index (χ0n) is 15.6. The SMILES string of the molecule is Cc1ccc(C(=O)Nc2cccc(S(=O)(=O)Nc3ccccc3Cl)c2)cc1[N+](=O)[O-]. The predicted octanol–water partition coefficient (Wildman–Crippen LogP) is 4.61. The Labute approximate surface area is 177 Å². The first-order valence-electron chi connectivity index (χ1n) is 8.61. The number of hydrogen-bond acceptors (Lipinski definition) is 5. The van der Waals surface area contributed by atoms with Gasteiger partial charge in [0.1, 0.15) is 0 Å². The van der Waals surface area contributed by atoms with Gasteiger partial charge in [0, 0.05) is 22.9 Å². The first-order chi connectivity index (χ1) is 14.2. The number of carbonyl (C=O) groups is 1. The van der Waals surface area contributed by atoms with E-state index < -0.39 is 20.9 Å². The van der Waals surface area contributed by atoms with E-state index in [0.717, 1.165) is 0 Å². The summed E-state index contributed by atoms with van der Waals surface area (Å²) in [6.07, 6.45) is 0. The number of nitrogens with one attached hydrogen (secondary N) is 2. The van der Waals surface area contributed by atoms with Crippen molar-refractivity contribution in [1.29, 1.82) is 0 Å². The van der Waals surface area contributed by atoms with Crippen LogP contribution in [0.15, 0.2) is 71.6 Å². The number of hydrogen-bond donors (Lipinski definition) is 2. The fourth-order valence-electron chi connectivity index (χ4n) is 2.64. The summed E-state index contributed by atoms with van der Waals surface area (Å²) in [6, 6.07) is 16.1. The minimum Gasteiger partial charge on any atom is -0.322 e. The molecule has 3 aromatic carbocycles. The molecule has 0 heterocycles. The topological polar surface area (TPSA) is 118 Å². The summed E-state index contributed by atoms with van der Waals surface area (Å²) in [5, 5.41) is 13.9. The van der Waals surface area contributed by atoms with E-state index >= 15 is 0 Å². The van der Waals surface area contributed by atoms with Crippen molar-refractivity contribution < 1.29 is 18.1 Å². The Hall–Kier alpha value is -3.43. The summed E-state index contributed by atoms with van der Waals surface area (Å²) in [4.78, 5) is 22.9. The highest BCUT2D eigenvalue weighted by molar-refractivity contribution is 7.92. The van der Waals surface area contributed by atoms with Crippen LogP contribution in [0.3, 0.4) is 0 Å². The van der Waals surface area contributed by atoms with Gasteiger partial charge in [-0.05, 0) is 43.3 Å². The summed E-state index contributed by atoms with van der Waals surface area (Å²) in [5.74, 6) is -0.605. The molecule has 0 fully saturated rings. The minimum atomic E-state index is -3.96. The van der Waals surface area contributed by atoms with Gasteiger partial charge >= 0.3 is 0 Å². The quantitative estimate of drug-likeness (QED) is 0.424. The minimum absolute atomic E-state index is 0.0785. The molecular weight excluding hydrogens is 430 g/mol. The number of anilines is 2. The second kappa shape index (κ2) is 8.52. The Morgan fingerprint density at radius 3 is 2.47 bits per heavy atom. The smallest absolute Gasteiger partial charge is 0.273 e. The number of sulfonamides is 1. The van der Waals surface area contributed by atoms with E-state index in [1.54, 1.807) is 25.1 Å². The van der Waals surface area contributed by atoms with Crippen molar-refractivity contribution in [2.75, 3.05) is 10.0 Å². The molecule has 0 spiro atoms. The molecule has 2 N–H and O–H groups in total. The number of nitrogens with zero attached hydrogens (tertiary/aromatic N) is 1. The maximum absolute atomic E-state index is 12.7. The van der Waals surface area contributed by atoms with Crippen molar-refractivity contribution in [3.05, 3.63) is 93.0 Å².